The maximum Gasteiger partial charge on any atom is 0.0635 e. The molecule has 0 aromatic carbocycles. The van der Waals surface area contributed by atoms with Crippen molar-refractivity contribution >= 4 is 0 Å². The highest BCUT2D eigenvalue weighted by molar-refractivity contribution is 4.81. The molecule has 2 atom stereocenters. The maximum atomic E-state index is 9.33. The molecule has 68 valence electrons. The molecule has 1 fully saturated rings. The highest BCUT2D eigenvalue weighted by Crippen LogP contribution is 2.16. The molecule has 0 bridgehead atoms. The summed E-state index contributed by atoms with van der Waals surface area (Å²) in [6.45, 7) is 3.90. The number of nitriles is 1. The van der Waals surface area contributed by atoms with Crippen molar-refractivity contribution < 1.29 is 5.11 Å². The van der Waals surface area contributed by atoms with Gasteiger partial charge in [0.15, 0.2) is 0 Å². The second kappa shape index (κ2) is 4.44. The number of hydrogen-bond donors (Lipinski definition) is 1. The summed E-state index contributed by atoms with van der Waals surface area (Å²) in [7, 11) is 0. The average Bonchev–Trinajstić information content (AvgIpc) is 2.03. The van der Waals surface area contributed by atoms with E-state index in [0.717, 1.165) is 25.9 Å². The fourth-order valence-corrected chi connectivity index (χ4v) is 1.72. The van der Waals surface area contributed by atoms with Gasteiger partial charge >= 0.3 is 0 Å². The quantitative estimate of drug-likeness (QED) is 0.661. The van der Waals surface area contributed by atoms with Crippen LogP contribution in [0.5, 0.6) is 0 Å². The topological polar surface area (TPSA) is 47.3 Å². The predicted octanol–water partition coefficient (Wildman–Crippen LogP) is 0.745. The molecule has 0 radical (unpaired) electrons. The van der Waals surface area contributed by atoms with Gasteiger partial charge in [0.2, 0.25) is 0 Å². The summed E-state index contributed by atoms with van der Waals surface area (Å²) in [5.74, 6) is 0. The van der Waals surface area contributed by atoms with Crippen LogP contribution in [0.25, 0.3) is 0 Å². The van der Waals surface area contributed by atoms with Crippen LogP contribution in [0.1, 0.15) is 26.2 Å². The van der Waals surface area contributed by atoms with Crippen molar-refractivity contribution in [1.29, 1.82) is 5.26 Å². The Morgan fingerprint density at radius 2 is 2.42 bits per heavy atom. The van der Waals surface area contributed by atoms with E-state index >= 15 is 0 Å². The molecule has 0 saturated carbocycles. The minimum Gasteiger partial charge on any atom is -0.393 e. The summed E-state index contributed by atoms with van der Waals surface area (Å²) in [6, 6.07) is 2.58. The summed E-state index contributed by atoms with van der Waals surface area (Å²) >= 11 is 0. The SMILES string of the molecule is C[C@H]1C[C@@H](O)CCN1CCC#N. The number of likely N-dealkylation sites (tertiary alicyclic amines) is 1. The molecule has 3 heteroatoms. The normalized spacial score (nSPS) is 31.4. The summed E-state index contributed by atoms with van der Waals surface area (Å²) in [5.41, 5.74) is 0. The minimum atomic E-state index is -0.127. The van der Waals surface area contributed by atoms with E-state index < -0.39 is 0 Å². The largest absolute Gasteiger partial charge is 0.393 e. The Bertz CT molecular complexity index is 176. The van der Waals surface area contributed by atoms with Gasteiger partial charge in [-0.1, -0.05) is 0 Å². The van der Waals surface area contributed by atoms with Crippen molar-refractivity contribution in [3.8, 4) is 6.07 Å². The van der Waals surface area contributed by atoms with Gasteiger partial charge in [0.05, 0.1) is 12.2 Å². The smallest absolute Gasteiger partial charge is 0.0635 e. The number of nitrogens with zero attached hydrogens (tertiary/aromatic N) is 2. The summed E-state index contributed by atoms with van der Waals surface area (Å²) in [5, 5.41) is 17.7. The Hall–Kier alpha value is -0.590. The standard InChI is InChI=1S/C9H16N2O/c1-8-7-9(12)3-6-11(8)5-2-4-10/h8-9,12H,2-3,5-7H2,1H3/t8-,9-/m0/s1. The number of aliphatic hydroxyl groups excluding tert-OH is 1. The Morgan fingerprint density at radius 1 is 1.67 bits per heavy atom. The molecule has 0 aliphatic carbocycles. The van der Waals surface area contributed by atoms with Crippen LogP contribution < -0.4 is 0 Å². The van der Waals surface area contributed by atoms with E-state index in [1.165, 1.54) is 0 Å². The lowest BCUT2D eigenvalue weighted by atomic mass is 10.0. The first-order chi connectivity index (χ1) is 5.74. The molecule has 0 spiro atoms. The van der Waals surface area contributed by atoms with Gasteiger partial charge in [0.1, 0.15) is 0 Å². The Kier molecular flexibility index (Phi) is 3.51. The monoisotopic (exact) mass is 168 g/mol. The second-order valence-corrected chi connectivity index (χ2v) is 3.47. The van der Waals surface area contributed by atoms with Gasteiger partial charge in [-0.25, -0.2) is 0 Å². The van der Waals surface area contributed by atoms with Crippen LogP contribution >= 0.6 is 0 Å². The second-order valence-electron chi connectivity index (χ2n) is 3.47. The predicted molar refractivity (Wildman–Crippen MR) is 46.5 cm³/mol. The Morgan fingerprint density at radius 3 is 3.00 bits per heavy atom. The summed E-state index contributed by atoms with van der Waals surface area (Å²) in [4.78, 5) is 2.27. The zero-order valence-corrected chi connectivity index (χ0v) is 7.53. The zero-order valence-electron chi connectivity index (χ0n) is 7.53. The molecule has 3 nitrogen and oxygen atoms in total. The lowest BCUT2D eigenvalue weighted by Gasteiger charge is -2.35. The molecule has 0 unspecified atom stereocenters. The fraction of sp³-hybridized carbons (Fsp3) is 0.889. The van der Waals surface area contributed by atoms with Gasteiger partial charge in [-0.05, 0) is 19.8 Å². The molecular formula is C9H16N2O. The molecule has 0 aromatic rings. The number of piperidine rings is 1. The van der Waals surface area contributed by atoms with Crippen LogP contribution in [0.3, 0.4) is 0 Å². The van der Waals surface area contributed by atoms with Crippen molar-refractivity contribution in [2.45, 2.75) is 38.3 Å². The van der Waals surface area contributed by atoms with E-state index in [2.05, 4.69) is 17.9 Å². The molecule has 1 aliphatic heterocycles. The average molecular weight is 168 g/mol. The molecule has 12 heavy (non-hydrogen) atoms. The first-order valence-electron chi connectivity index (χ1n) is 4.53. The lowest BCUT2D eigenvalue weighted by Crippen LogP contribution is -2.42. The van der Waals surface area contributed by atoms with Crippen molar-refractivity contribution in [2.75, 3.05) is 13.1 Å². The van der Waals surface area contributed by atoms with Crippen molar-refractivity contribution in [3.05, 3.63) is 0 Å². The molecule has 1 rings (SSSR count). The van der Waals surface area contributed by atoms with Gasteiger partial charge in [-0.2, -0.15) is 5.26 Å². The van der Waals surface area contributed by atoms with E-state index in [4.69, 9.17) is 5.26 Å². The third-order valence-corrected chi connectivity index (χ3v) is 2.50. The van der Waals surface area contributed by atoms with Gasteiger partial charge in [0, 0.05) is 25.6 Å². The first kappa shape index (κ1) is 9.50. The van der Waals surface area contributed by atoms with Crippen LogP contribution in [-0.2, 0) is 0 Å². The van der Waals surface area contributed by atoms with Crippen LogP contribution in [0.4, 0.5) is 0 Å². The van der Waals surface area contributed by atoms with Crippen LogP contribution in [0, 0.1) is 11.3 Å². The first-order valence-corrected chi connectivity index (χ1v) is 4.53. The summed E-state index contributed by atoms with van der Waals surface area (Å²) < 4.78 is 0. The van der Waals surface area contributed by atoms with E-state index in [0.29, 0.717) is 12.5 Å². The fourth-order valence-electron chi connectivity index (χ4n) is 1.72. The highest BCUT2D eigenvalue weighted by atomic mass is 16.3. The van der Waals surface area contributed by atoms with E-state index in [9.17, 15) is 5.11 Å². The zero-order chi connectivity index (χ0) is 8.97. The third kappa shape index (κ3) is 2.47. The molecule has 1 heterocycles. The molecule has 0 aromatic heterocycles. The van der Waals surface area contributed by atoms with Crippen LogP contribution in [0.2, 0.25) is 0 Å². The molecule has 1 N–H and O–H groups in total. The van der Waals surface area contributed by atoms with Crippen LogP contribution in [0.15, 0.2) is 0 Å². The Labute approximate surface area is 73.6 Å². The minimum absolute atomic E-state index is 0.127. The summed E-state index contributed by atoms with van der Waals surface area (Å²) in [6.07, 6.45) is 2.18. The maximum absolute atomic E-state index is 9.33. The molecular weight excluding hydrogens is 152 g/mol. The van der Waals surface area contributed by atoms with Gasteiger partial charge in [0.25, 0.3) is 0 Å². The number of aliphatic hydroxyl groups is 1. The molecule has 1 saturated heterocycles. The van der Waals surface area contributed by atoms with Gasteiger partial charge in [-0.15, -0.1) is 0 Å². The van der Waals surface area contributed by atoms with Crippen LogP contribution in [-0.4, -0.2) is 35.2 Å². The number of hydrogen-bond acceptors (Lipinski definition) is 3. The van der Waals surface area contributed by atoms with Crippen molar-refractivity contribution in [2.24, 2.45) is 0 Å². The van der Waals surface area contributed by atoms with E-state index in [1.807, 2.05) is 0 Å². The highest BCUT2D eigenvalue weighted by Gasteiger charge is 2.22. The van der Waals surface area contributed by atoms with Gasteiger partial charge < -0.3 is 5.11 Å². The van der Waals surface area contributed by atoms with Crippen molar-refractivity contribution in [3.63, 3.8) is 0 Å². The molecule has 0 amide bonds. The lowest BCUT2D eigenvalue weighted by molar-refractivity contribution is 0.0496. The van der Waals surface area contributed by atoms with Gasteiger partial charge in [-0.3, -0.25) is 4.90 Å². The van der Waals surface area contributed by atoms with E-state index in [1.54, 1.807) is 0 Å². The Balaban J connectivity index is 2.30. The van der Waals surface area contributed by atoms with E-state index in [-0.39, 0.29) is 6.10 Å². The number of rotatable bonds is 2. The van der Waals surface area contributed by atoms with Crippen molar-refractivity contribution in [1.82, 2.24) is 4.90 Å². The third-order valence-electron chi connectivity index (χ3n) is 2.50. The molecule has 1 aliphatic rings.